The molecule has 0 spiro atoms. The van der Waals surface area contributed by atoms with Crippen molar-refractivity contribution in [1.29, 1.82) is 0 Å². The lowest BCUT2D eigenvalue weighted by molar-refractivity contribution is -0.118. The van der Waals surface area contributed by atoms with Crippen LogP contribution in [0.4, 0.5) is 5.69 Å². The van der Waals surface area contributed by atoms with Crippen LogP contribution in [0, 0.1) is 20.8 Å². The van der Waals surface area contributed by atoms with Crippen molar-refractivity contribution in [3.8, 4) is 17.1 Å². The molecule has 7 heteroatoms. The van der Waals surface area contributed by atoms with Crippen molar-refractivity contribution in [2.24, 2.45) is 0 Å². The van der Waals surface area contributed by atoms with E-state index in [1.165, 1.54) is 0 Å². The largest absolute Gasteiger partial charge is 0.476 e. The van der Waals surface area contributed by atoms with Crippen molar-refractivity contribution in [2.45, 2.75) is 27.7 Å². The van der Waals surface area contributed by atoms with Crippen LogP contribution in [0.25, 0.3) is 22.3 Å². The highest BCUT2D eigenvalue weighted by Crippen LogP contribution is 2.32. The van der Waals surface area contributed by atoms with E-state index >= 15 is 0 Å². The third kappa shape index (κ3) is 5.30. The van der Waals surface area contributed by atoms with Gasteiger partial charge in [-0.3, -0.25) is 9.59 Å². The fourth-order valence-electron chi connectivity index (χ4n) is 3.70. The minimum absolute atomic E-state index is 0.0255. The van der Waals surface area contributed by atoms with E-state index in [9.17, 15) is 14.4 Å². The number of fused-ring (bicyclic) bond motifs is 1. The molecule has 0 radical (unpaired) electrons. The first-order valence-corrected chi connectivity index (χ1v) is 11.6. The Kier molecular flexibility index (Phi) is 7.20. The summed E-state index contributed by atoms with van der Waals surface area (Å²) < 4.78 is 16.9. The van der Waals surface area contributed by atoms with E-state index in [2.05, 4.69) is 5.32 Å². The summed E-state index contributed by atoms with van der Waals surface area (Å²) in [6, 6.07) is 17.4. The van der Waals surface area contributed by atoms with Gasteiger partial charge in [0.1, 0.15) is 5.58 Å². The van der Waals surface area contributed by atoms with E-state index in [1.54, 1.807) is 37.3 Å². The summed E-state index contributed by atoms with van der Waals surface area (Å²) in [4.78, 5) is 37.8. The first kappa shape index (κ1) is 24.7. The normalized spacial score (nSPS) is 10.8. The average molecular weight is 486 g/mol. The van der Waals surface area contributed by atoms with E-state index < -0.39 is 18.5 Å². The number of anilines is 1. The number of aryl methyl sites for hydroxylation is 3. The van der Waals surface area contributed by atoms with Gasteiger partial charge < -0.3 is 19.2 Å². The number of hydrogen-bond acceptors (Lipinski definition) is 6. The minimum Gasteiger partial charge on any atom is -0.476 e. The Bertz CT molecular complexity index is 1480. The second-order valence-electron chi connectivity index (χ2n) is 8.52. The molecule has 0 atom stereocenters. The molecule has 0 bridgehead atoms. The summed E-state index contributed by atoms with van der Waals surface area (Å²) in [6.45, 7) is 7.45. The van der Waals surface area contributed by atoms with Gasteiger partial charge in [-0.1, -0.05) is 29.8 Å². The minimum atomic E-state index is -0.465. The van der Waals surface area contributed by atoms with Gasteiger partial charge in [-0.05, 0) is 75.2 Å². The van der Waals surface area contributed by atoms with E-state index in [-0.39, 0.29) is 23.5 Å². The molecule has 4 aromatic rings. The number of carbonyl (C=O) groups is 2. The zero-order valence-electron chi connectivity index (χ0n) is 20.6. The molecule has 0 aliphatic heterocycles. The molecule has 36 heavy (non-hydrogen) atoms. The van der Waals surface area contributed by atoms with Crippen LogP contribution in [-0.4, -0.2) is 25.1 Å². The van der Waals surface area contributed by atoms with E-state index in [1.807, 2.05) is 51.1 Å². The fourth-order valence-corrected chi connectivity index (χ4v) is 3.70. The molecule has 0 fully saturated rings. The van der Waals surface area contributed by atoms with Gasteiger partial charge in [0.15, 0.2) is 12.4 Å². The molecule has 7 nitrogen and oxygen atoms in total. The molecule has 0 saturated carbocycles. The van der Waals surface area contributed by atoms with Crippen LogP contribution in [0.5, 0.6) is 5.75 Å². The van der Waals surface area contributed by atoms with Crippen molar-refractivity contribution in [2.75, 3.05) is 18.5 Å². The number of hydrogen-bond donors (Lipinski definition) is 1. The van der Waals surface area contributed by atoms with Crippen LogP contribution >= 0.6 is 0 Å². The number of carbonyl (C=O) groups excluding carboxylic acids is 2. The van der Waals surface area contributed by atoms with Crippen molar-refractivity contribution in [3.63, 3.8) is 0 Å². The summed E-state index contributed by atoms with van der Waals surface area (Å²) >= 11 is 0. The maximum Gasteiger partial charge on any atom is 0.338 e. The van der Waals surface area contributed by atoms with E-state index in [0.717, 1.165) is 16.7 Å². The molecule has 0 saturated heterocycles. The third-order valence-electron chi connectivity index (χ3n) is 5.81. The van der Waals surface area contributed by atoms with Crippen molar-refractivity contribution in [3.05, 3.63) is 93.1 Å². The summed E-state index contributed by atoms with van der Waals surface area (Å²) in [5.74, 6) is -0.658. The molecule has 0 unspecified atom stereocenters. The van der Waals surface area contributed by atoms with Gasteiger partial charge in [0.25, 0.3) is 5.91 Å². The zero-order valence-corrected chi connectivity index (χ0v) is 20.6. The van der Waals surface area contributed by atoms with Crippen LogP contribution in [-0.2, 0) is 9.53 Å². The van der Waals surface area contributed by atoms with Gasteiger partial charge >= 0.3 is 5.97 Å². The Hall–Kier alpha value is -4.39. The monoisotopic (exact) mass is 485 g/mol. The lowest BCUT2D eigenvalue weighted by atomic mass is 10.0. The molecule has 1 N–H and O–H groups in total. The smallest absolute Gasteiger partial charge is 0.338 e. The van der Waals surface area contributed by atoms with Gasteiger partial charge in [0.2, 0.25) is 11.2 Å². The van der Waals surface area contributed by atoms with Gasteiger partial charge in [0, 0.05) is 11.3 Å². The molecule has 3 aromatic carbocycles. The standard InChI is InChI=1S/C29H27NO6/c1-5-34-29(33)21-10-12-22(13-11-21)30-25(31)16-35-28-26(32)23-14-18(3)19(4)15-24(23)36-27(28)20-8-6-17(2)7-9-20/h6-15H,5,16H2,1-4H3,(H,30,31). The molecule has 0 aliphatic carbocycles. The van der Waals surface area contributed by atoms with Crippen molar-refractivity contribution >= 4 is 28.5 Å². The van der Waals surface area contributed by atoms with Crippen LogP contribution in [0.1, 0.15) is 34.0 Å². The maximum absolute atomic E-state index is 13.4. The fraction of sp³-hybridized carbons (Fsp3) is 0.207. The Morgan fingerprint density at radius 2 is 1.58 bits per heavy atom. The molecule has 4 rings (SSSR count). The lowest BCUT2D eigenvalue weighted by Crippen LogP contribution is -2.22. The summed E-state index contributed by atoms with van der Waals surface area (Å²) in [5, 5.41) is 3.09. The summed E-state index contributed by atoms with van der Waals surface area (Å²) in [6.07, 6.45) is 0. The molecule has 1 aromatic heterocycles. The van der Waals surface area contributed by atoms with Crippen molar-refractivity contribution in [1.82, 2.24) is 0 Å². The summed E-state index contributed by atoms with van der Waals surface area (Å²) in [5.41, 5.74) is 4.65. The Morgan fingerprint density at radius 1 is 0.917 bits per heavy atom. The number of nitrogens with one attached hydrogen (secondary N) is 1. The van der Waals surface area contributed by atoms with Crippen LogP contribution in [0.3, 0.4) is 0 Å². The Balaban J connectivity index is 1.60. The SMILES string of the molecule is CCOC(=O)c1ccc(NC(=O)COc2c(-c3ccc(C)cc3)oc3cc(C)c(C)cc3c2=O)cc1. The topological polar surface area (TPSA) is 94.8 Å². The van der Waals surface area contributed by atoms with Crippen LogP contribution in [0.15, 0.2) is 69.9 Å². The number of amides is 1. The van der Waals surface area contributed by atoms with Gasteiger partial charge in [-0.25, -0.2) is 4.79 Å². The lowest BCUT2D eigenvalue weighted by Gasteiger charge is -2.13. The molecule has 1 heterocycles. The number of esters is 1. The molecular formula is C29H27NO6. The second-order valence-corrected chi connectivity index (χ2v) is 8.52. The van der Waals surface area contributed by atoms with Gasteiger partial charge in [-0.15, -0.1) is 0 Å². The predicted octanol–water partition coefficient (Wildman–Crippen LogP) is 5.58. The van der Waals surface area contributed by atoms with Crippen molar-refractivity contribution < 1.29 is 23.5 Å². The highest BCUT2D eigenvalue weighted by Gasteiger charge is 2.20. The van der Waals surface area contributed by atoms with Gasteiger partial charge in [0.05, 0.1) is 17.6 Å². The third-order valence-corrected chi connectivity index (χ3v) is 5.81. The quantitative estimate of drug-likeness (QED) is 0.344. The number of rotatable bonds is 7. The number of ether oxygens (including phenoxy) is 2. The van der Waals surface area contributed by atoms with Gasteiger partial charge in [-0.2, -0.15) is 0 Å². The zero-order chi connectivity index (χ0) is 25.8. The highest BCUT2D eigenvalue weighted by molar-refractivity contribution is 5.94. The first-order valence-electron chi connectivity index (χ1n) is 11.6. The van der Waals surface area contributed by atoms with Crippen LogP contribution in [0.2, 0.25) is 0 Å². The van der Waals surface area contributed by atoms with E-state index in [0.29, 0.717) is 27.8 Å². The first-order chi connectivity index (χ1) is 17.3. The highest BCUT2D eigenvalue weighted by atomic mass is 16.5. The Labute approximate surface area is 208 Å². The maximum atomic E-state index is 13.4. The molecule has 184 valence electrons. The average Bonchev–Trinajstić information content (AvgIpc) is 2.86. The summed E-state index contributed by atoms with van der Waals surface area (Å²) in [7, 11) is 0. The second kappa shape index (κ2) is 10.5. The van der Waals surface area contributed by atoms with Crippen LogP contribution < -0.4 is 15.5 Å². The molecular weight excluding hydrogens is 458 g/mol. The predicted molar refractivity (Wildman–Crippen MR) is 139 cm³/mol. The van der Waals surface area contributed by atoms with E-state index in [4.69, 9.17) is 13.9 Å². The number of benzene rings is 3. The Morgan fingerprint density at radius 3 is 2.25 bits per heavy atom. The molecule has 1 amide bonds. The molecule has 0 aliphatic rings.